The summed E-state index contributed by atoms with van der Waals surface area (Å²) in [6.45, 7) is 3.97. The number of rotatable bonds is 6. The lowest BCUT2D eigenvalue weighted by molar-refractivity contribution is -0.143. The molecule has 126 valence electrons. The van der Waals surface area contributed by atoms with Crippen LogP contribution in [0.15, 0.2) is 48.5 Å². The first-order chi connectivity index (χ1) is 11.5. The van der Waals surface area contributed by atoms with E-state index in [4.69, 9.17) is 4.74 Å². The molecule has 0 saturated heterocycles. The van der Waals surface area contributed by atoms with Gasteiger partial charge in [0.15, 0.2) is 0 Å². The molecule has 24 heavy (non-hydrogen) atoms. The lowest BCUT2D eigenvalue weighted by atomic mass is 10.0. The van der Waals surface area contributed by atoms with Crippen LogP contribution in [-0.4, -0.2) is 18.5 Å². The zero-order valence-corrected chi connectivity index (χ0v) is 13.7. The maximum absolute atomic E-state index is 13.0. The molecule has 0 fully saturated rings. The zero-order valence-electron chi connectivity index (χ0n) is 13.7. The van der Waals surface area contributed by atoms with E-state index in [1.165, 1.54) is 24.3 Å². The van der Waals surface area contributed by atoms with Gasteiger partial charge in [0, 0.05) is 5.56 Å². The number of hydrogen-bond acceptors (Lipinski definition) is 3. The van der Waals surface area contributed by atoms with Crippen molar-refractivity contribution in [1.29, 1.82) is 0 Å². The maximum atomic E-state index is 13.0. The van der Waals surface area contributed by atoms with Crippen LogP contribution in [0.5, 0.6) is 0 Å². The summed E-state index contributed by atoms with van der Waals surface area (Å²) in [5, 5.41) is 2.82. The first-order valence-electron chi connectivity index (χ1n) is 7.78. The van der Waals surface area contributed by atoms with Crippen LogP contribution in [0, 0.1) is 12.7 Å². The molecule has 2 aromatic rings. The molecule has 4 nitrogen and oxygen atoms in total. The number of hydrogen-bond donors (Lipinski definition) is 1. The Balaban J connectivity index is 2.18. The Morgan fingerprint density at radius 1 is 1.08 bits per heavy atom. The monoisotopic (exact) mass is 329 g/mol. The summed E-state index contributed by atoms with van der Waals surface area (Å²) in [5.41, 5.74) is 2.22. The molecule has 0 saturated carbocycles. The van der Waals surface area contributed by atoms with Gasteiger partial charge in [0.2, 0.25) is 0 Å². The molecule has 1 N–H and O–H groups in total. The van der Waals surface area contributed by atoms with Crippen LogP contribution in [0.25, 0.3) is 0 Å². The lowest BCUT2D eigenvalue weighted by Crippen LogP contribution is -2.30. The lowest BCUT2D eigenvalue weighted by Gasteiger charge is -2.19. The van der Waals surface area contributed by atoms with Gasteiger partial charge in [-0.15, -0.1) is 0 Å². The number of nitrogens with one attached hydrogen (secondary N) is 1. The predicted molar refractivity (Wildman–Crippen MR) is 89.0 cm³/mol. The van der Waals surface area contributed by atoms with Gasteiger partial charge < -0.3 is 10.1 Å². The molecule has 2 rings (SSSR count). The van der Waals surface area contributed by atoms with E-state index < -0.39 is 11.9 Å². The molecule has 0 radical (unpaired) electrons. The van der Waals surface area contributed by atoms with E-state index in [1.54, 1.807) is 6.92 Å². The maximum Gasteiger partial charge on any atom is 0.308 e. The number of aryl methyl sites for hydroxylation is 1. The molecule has 0 aromatic heterocycles. The molecule has 0 aliphatic carbocycles. The molecule has 1 amide bonds. The zero-order chi connectivity index (χ0) is 17.5. The molecule has 1 atom stereocenters. The Bertz CT molecular complexity index is 696. The van der Waals surface area contributed by atoms with E-state index >= 15 is 0 Å². The Morgan fingerprint density at radius 3 is 2.29 bits per heavy atom. The van der Waals surface area contributed by atoms with E-state index in [-0.39, 0.29) is 24.9 Å². The SMILES string of the molecule is CCOC(=O)CC(NC(=O)c1ccc(F)cc1)c1ccc(C)cc1. The molecule has 2 aromatic carbocycles. The van der Waals surface area contributed by atoms with Gasteiger partial charge in [0.25, 0.3) is 5.91 Å². The number of halogens is 1. The number of esters is 1. The largest absolute Gasteiger partial charge is 0.466 e. The highest BCUT2D eigenvalue weighted by Gasteiger charge is 2.20. The van der Waals surface area contributed by atoms with Gasteiger partial charge in [0.05, 0.1) is 19.1 Å². The van der Waals surface area contributed by atoms with Gasteiger partial charge >= 0.3 is 5.97 Å². The van der Waals surface area contributed by atoms with Crippen molar-refractivity contribution in [2.45, 2.75) is 26.3 Å². The van der Waals surface area contributed by atoms with Crippen LogP contribution >= 0.6 is 0 Å². The summed E-state index contributed by atoms with van der Waals surface area (Å²) >= 11 is 0. The van der Waals surface area contributed by atoms with Crippen LogP contribution in [0.4, 0.5) is 4.39 Å². The highest BCUT2D eigenvalue weighted by Crippen LogP contribution is 2.19. The Hall–Kier alpha value is -2.69. The number of ether oxygens (including phenoxy) is 1. The third kappa shape index (κ3) is 4.91. The molecule has 0 aliphatic rings. The number of carbonyl (C=O) groups is 2. The molecule has 0 heterocycles. The van der Waals surface area contributed by atoms with Crippen molar-refractivity contribution in [3.05, 3.63) is 71.0 Å². The van der Waals surface area contributed by atoms with Gasteiger partial charge in [-0.3, -0.25) is 9.59 Å². The molecule has 0 aliphatic heterocycles. The predicted octanol–water partition coefficient (Wildman–Crippen LogP) is 3.56. The number of carbonyl (C=O) groups excluding carboxylic acids is 2. The molecule has 0 spiro atoms. The van der Waals surface area contributed by atoms with E-state index in [0.717, 1.165) is 11.1 Å². The summed E-state index contributed by atoms with van der Waals surface area (Å²) in [6, 6.07) is 12.3. The van der Waals surface area contributed by atoms with Crippen LogP contribution in [0.2, 0.25) is 0 Å². The molecule has 1 unspecified atom stereocenters. The number of benzene rings is 2. The van der Waals surface area contributed by atoms with Crippen molar-refractivity contribution in [1.82, 2.24) is 5.32 Å². The van der Waals surface area contributed by atoms with E-state index in [1.807, 2.05) is 31.2 Å². The smallest absolute Gasteiger partial charge is 0.308 e. The van der Waals surface area contributed by atoms with Gasteiger partial charge in [0.1, 0.15) is 5.82 Å². The third-order valence-electron chi connectivity index (χ3n) is 3.57. The fraction of sp³-hybridized carbons (Fsp3) is 0.263. The molecular formula is C19H20FNO3. The minimum absolute atomic E-state index is 0.0316. The summed E-state index contributed by atoms with van der Waals surface area (Å²) in [6.07, 6.45) is 0.0316. The minimum atomic E-state index is -0.512. The summed E-state index contributed by atoms with van der Waals surface area (Å²) in [4.78, 5) is 24.2. The van der Waals surface area contributed by atoms with Crippen LogP contribution in [0.1, 0.15) is 40.9 Å². The Morgan fingerprint density at radius 2 is 1.71 bits per heavy atom. The van der Waals surface area contributed by atoms with Crippen molar-refractivity contribution in [2.24, 2.45) is 0 Å². The van der Waals surface area contributed by atoms with E-state index in [2.05, 4.69) is 5.32 Å². The van der Waals surface area contributed by atoms with Gasteiger partial charge in [-0.05, 0) is 43.7 Å². The first kappa shape index (κ1) is 17.7. The summed E-state index contributed by atoms with van der Waals surface area (Å²) in [7, 11) is 0. The van der Waals surface area contributed by atoms with E-state index in [0.29, 0.717) is 5.56 Å². The van der Waals surface area contributed by atoms with Crippen LogP contribution in [-0.2, 0) is 9.53 Å². The molecule has 0 bridgehead atoms. The normalized spacial score (nSPS) is 11.6. The van der Waals surface area contributed by atoms with Gasteiger partial charge in [-0.25, -0.2) is 4.39 Å². The summed E-state index contributed by atoms with van der Waals surface area (Å²) in [5.74, 6) is -1.17. The average Bonchev–Trinajstić information content (AvgIpc) is 2.55. The third-order valence-corrected chi connectivity index (χ3v) is 3.57. The fourth-order valence-electron chi connectivity index (χ4n) is 2.28. The van der Waals surface area contributed by atoms with Crippen LogP contribution in [0.3, 0.4) is 0 Å². The van der Waals surface area contributed by atoms with E-state index in [9.17, 15) is 14.0 Å². The highest BCUT2D eigenvalue weighted by atomic mass is 19.1. The minimum Gasteiger partial charge on any atom is -0.466 e. The second-order valence-electron chi connectivity index (χ2n) is 5.45. The highest BCUT2D eigenvalue weighted by molar-refractivity contribution is 5.94. The van der Waals surface area contributed by atoms with Crippen molar-refractivity contribution in [2.75, 3.05) is 6.61 Å². The van der Waals surface area contributed by atoms with Gasteiger partial charge in [-0.2, -0.15) is 0 Å². The average molecular weight is 329 g/mol. The fourth-order valence-corrected chi connectivity index (χ4v) is 2.28. The second-order valence-corrected chi connectivity index (χ2v) is 5.45. The second kappa shape index (κ2) is 8.24. The molecular weight excluding hydrogens is 309 g/mol. The van der Waals surface area contributed by atoms with Crippen molar-refractivity contribution in [3.63, 3.8) is 0 Å². The summed E-state index contributed by atoms with van der Waals surface area (Å²) < 4.78 is 18.0. The quantitative estimate of drug-likeness (QED) is 0.825. The standard InChI is InChI=1S/C19H20FNO3/c1-3-24-18(22)12-17(14-6-4-13(2)5-7-14)21-19(23)15-8-10-16(20)11-9-15/h4-11,17H,3,12H2,1-2H3,(H,21,23). The Labute approximate surface area is 140 Å². The van der Waals surface area contributed by atoms with Crippen molar-refractivity contribution >= 4 is 11.9 Å². The van der Waals surface area contributed by atoms with Crippen LogP contribution < -0.4 is 5.32 Å². The van der Waals surface area contributed by atoms with Crippen molar-refractivity contribution in [3.8, 4) is 0 Å². The van der Waals surface area contributed by atoms with Gasteiger partial charge in [-0.1, -0.05) is 29.8 Å². The Kier molecular flexibility index (Phi) is 6.07. The first-order valence-corrected chi connectivity index (χ1v) is 7.78. The van der Waals surface area contributed by atoms with Crippen molar-refractivity contribution < 1.29 is 18.7 Å². The molecule has 5 heteroatoms. The number of amides is 1. The topological polar surface area (TPSA) is 55.4 Å².